The first-order chi connectivity index (χ1) is 24.3. The summed E-state index contributed by atoms with van der Waals surface area (Å²) in [6.07, 6.45) is 1.65. The van der Waals surface area contributed by atoms with Gasteiger partial charge in [-0.05, 0) is 34.4 Å². The van der Waals surface area contributed by atoms with Crippen molar-refractivity contribution in [1.29, 1.82) is 0 Å². The highest BCUT2D eigenvalue weighted by Crippen LogP contribution is 2.38. The first-order valence-electron chi connectivity index (χ1n) is 16.1. The van der Waals surface area contributed by atoms with Crippen molar-refractivity contribution in [3.8, 4) is 67.7 Å². The van der Waals surface area contributed by atoms with Crippen LogP contribution in [0, 0.1) is 0 Å². The van der Waals surface area contributed by atoms with E-state index in [0.717, 1.165) is 54.7 Å². The molecule has 6 heteroatoms. The van der Waals surface area contributed by atoms with Crippen LogP contribution in [0.3, 0.4) is 0 Å². The van der Waals surface area contributed by atoms with Gasteiger partial charge in [0.1, 0.15) is 6.33 Å². The van der Waals surface area contributed by atoms with E-state index in [4.69, 9.17) is 19.9 Å². The van der Waals surface area contributed by atoms with Crippen molar-refractivity contribution >= 4 is 31.6 Å². The van der Waals surface area contributed by atoms with E-state index in [1.54, 1.807) is 17.7 Å². The van der Waals surface area contributed by atoms with Crippen LogP contribution in [0.15, 0.2) is 164 Å². The van der Waals surface area contributed by atoms with Crippen LogP contribution in [-0.2, 0) is 0 Å². The van der Waals surface area contributed by atoms with Crippen molar-refractivity contribution in [3.63, 3.8) is 0 Å². The zero-order chi connectivity index (χ0) is 32.6. The van der Waals surface area contributed by atoms with Crippen LogP contribution in [0.2, 0.25) is 0 Å². The Balaban J connectivity index is 1.16. The normalized spacial score (nSPS) is 11.3. The molecule has 9 rings (SSSR count). The quantitative estimate of drug-likeness (QED) is 0.180. The number of hydrogen-bond acceptors (Lipinski definition) is 6. The summed E-state index contributed by atoms with van der Waals surface area (Å²) >= 11 is 1.72. The number of rotatable bonds is 6. The molecule has 0 aliphatic carbocycles. The first-order valence-corrected chi connectivity index (χ1v) is 16.9. The predicted molar refractivity (Wildman–Crippen MR) is 201 cm³/mol. The van der Waals surface area contributed by atoms with E-state index in [1.807, 2.05) is 24.3 Å². The molecule has 0 saturated heterocycles. The Morgan fingerprint density at radius 3 is 1.45 bits per heavy atom. The molecule has 6 aromatic carbocycles. The maximum atomic E-state index is 5.05. The second-order valence-corrected chi connectivity index (χ2v) is 12.8. The lowest BCUT2D eigenvalue weighted by atomic mass is 10.0. The Kier molecular flexibility index (Phi) is 7.26. The van der Waals surface area contributed by atoms with Gasteiger partial charge in [-0.15, -0.1) is 11.3 Å². The summed E-state index contributed by atoms with van der Waals surface area (Å²) in [6, 6.07) is 54.2. The predicted octanol–water partition coefficient (Wildman–Crippen LogP) is 11.0. The maximum Gasteiger partial charge on any atom is 0.164 e. The average molecular weight is 646 g/mol. The van der Waals surface area contributed by atoms with E-state index in [2.05, 4.69) is 138 Å². The molecule has 230 valence electrons. The molecule has 5 nitrogen and oxygen atoms in total. The minimum absolute atomic E-state index is 0.600. The lowest BCUT2D eigenvalue weighted by molar-refractivity contribution is 1.07. The highest BCUT2D eigenvalue weighted by Gasteiger charge is 2.16. The third kappa shape index (κ3) is 5.54. The third-order valence-electron chi connectivity index (χ3n) is 8.69. The van der Waals surface area contributed by atoms with Crippen molar-refractivity contribution in [2.75, 3.05) is 0 Å². The van der Waals surface area contributed by atoms with Gasteiger partial charge in [0, 0.05) is 32.3 Å². The molecule has 0 amide bonds. The van der Waals surface area contributed by atoms with Gasteiger partial charge in [0.25, 0.3) is 0 Å². The van der Waals surface area contributed by atoms with Crippen LogP contribution in [-0.4, -0.2) is 24.9 Å². The molecule has 0 aliphatic rings. The minimum Gasteiger partial charge on any atom is -0.235 e. The minimum atomic E-state index is 0.600. The first kappa shape index (κ1) is 28.8. The lowest BCUT2D eigenvalue weighted by Crippen LogP contribution is -2.00. The Labute approximate surface area is 287 Å². The van der Waals surface area contributed by atoms with Crippen LogP contribution in [0.25, 0.3) is 88.0 Å². The van der Waals surface area contributed by atoms with Gasteiger partial charge in [0.15, 0.2) is 17.5 Å². The molecule has 0 saturated carbocycles. The van der Waals surface area contributed by atoms with Gasteiger partial charge in [0.05, 0.1) is 15.9 Å². The summed E-state index contributed by atoms with van der Waals surface area (Å²) in [5.74, 6) is 1.83. The molecule has 0 fully saturated rings. The van der Waals surface area contributed by atoms with Gasteiger partial charge < -0.3 is 0 Å². The zero-order valence-electron chi connectivity index (χ0n) is 26.2. The summed E-state index contributed by atoms with van der Waals surface area (Å²) in [5.41, 5.74) is 10.2. The largest absolute Gasteiger partial charge is 0.235 e. The molecule has 0 unspecified atom stereocenters. The fraction of sp³-hybridized carbons (Fsp3) is 0. The smallest absolute Gasteiger partial charge is 0.164 e. The highest BCUT2D eigenvalue weighted by atomic mass is 32.1. The van der Waals surface area contributed by atoms with Gasteiger partial charge in [-0.25, -0.2) is 24.9 Å². The summed E-state index contributed by atoms with van der Waals surface area (Å²) in [4.78, 5) is 24.5. The Morgan fingerprint density at radius 2 is 0.837 bits per heavy atom. The molecule has 0 atom stereocenters. The molecule has 9 aromatic rings. The topological polar surface area (TPSA) is 64.5 Å². The molecule has 0 aliphatic heterocycles. The second-order valence-electron chi connectivity index (χ2n) is 11.8. The van der Waals surface area contributed by atoms with Gasteiger partial charge in [-0.1, -0.05) is 146 Å². The van der Waals surface area contributed by atoms with Gasteiger partial charge >= 0.3 is 0 Å². The second kappa shape index (κ2) is 12.3. The molecular weight excluding hydrogens is 619 g/mol. The molecule has 0 N–H and O–H groups in total. The van der Waals surface area contributed by atoms with Gasteiger partial charge in [0.2, 0.25) is 0 Å². The van der Waals surface area contributed by atoms with E-state index in [-0.39, 0.29) is 0 Å². The lowest BCUT2D eigenvalue weighted by Gasteiger charge is -2.11. The molecule has 49 heavy (non-hydrogen) atoms. The van der Waals surface area contributed by atoms with Crippen molar-refractivity contribution in [3.05, 3.63) is 164 Å². The molecule has 3 heterocycles. The molecule has 3 aromatic heterocycles. The van der Waals surface area contributed by atoms with Crippen LogP contribution in [0.1, 0.15) is 0 Å². The fourth-order valence-corrected chi connectivity index (χ4v) is 7.35. The molecule has 0 spiro atoms. The Morgan fingerprint density at radius 1 is 0.367 bits per heavy atom. The Bertz CT molecular complexity index is 2480. The van der Waals surface area contributed by atoms with Crippen molar-refractivity contribution in [2.24, 2.45) is 0 Å². The van der Waals surface area contributed by atoms with Crippen LogP contribution >= 0.6 is 11.3 Å². The van der Waals surface area contributed by atoms with E-state index >= 15 is 0 Å². The van der Waals surface area contributed by atoms with Crippen LogP contribution < -0.4 is 0 Å². The van der Waals surface area contributed by atoms with E-state index in [0.29, 0.717) is 17.5 Å². The zero-order valence-corrected chi connectivity index (χ0v) is 27.0. The SMILES string of the molecule is c1ccc(-c2ccc(-c3nc(-c4ccc(-c5ccccc5)cc4)nc(-c4cccc(-c5ncnc6c5sc5ccccc56)c4)n3)cc2)cc1. The monoisotopic (exact) mass is 645 g/mol. The highest BCUT2D eigenvalue weighted by molar-refractivity contribution is 7.26. The molecule has 0 bridgehead atoms. The van der Waals surface area contributed by atoms with E-state index < -0.39 is 0 Å². The number of thiophene rings is 1. The molecule has 0 radical (unpaired) electrons. The standard InChI is InChI=1S/C43H27N5S/c1-3-10-28(11-4-1)30-18-22-32(23-19-30)41-46-42(33-24-20-31(21-25-33)29-12-5-2-6-13-29)48-43(47-41)35-15-9-14-34(26-35)38-40-39(45-27-44-38)36-16-7-8-17-37(36)49-40/h1-27H. The summed E-state index contributed by atoms with van der Waals surface area (Å²) < 4.78 is 2.26. The van der Waals surface area contributed by atoms with Crippen LogP contribution in [0.4, 0.5) is 0 Å². The van der Waals surface area contributed by atoms with Gasteiger partial charge in [-0.2, -0.15) is 0 Å². The third-order valence-corrected chi connectivity index (χ3v) is 9.85. The number of benzene rings is 6. The van der Waals surface area contributed by atoms with Gasteiger partial charge in [-0.3, -0.25) is 0 Å². The van der Waals surface area contributed by atoms with Crippen molar-refractivity contribution < 1.29 is 0 Å². The molecular formula is C43H27N5S. The Hall–Kier alpha value is -6.37. The average Bonchev–Trinajstić information content (AvgIpc) is 3.58. The summed E-state index contributed by atoms with van der Waals surface area (Å²) in [6.45, 7) is 0. The van der Waals surface area contributed by atoms with Crippen LogP contribution in [0.5, 0.6) is 0 Å². The number of hydrogen-bond donors (Lipinski definition) is 0. The van der Waals surface area contributed by atoms with Crippen molar-refractivity contribution in [2.45, 2.75) is 0 Å². The number of fused-ring (bicyclic) bond motifs is 3. The summed E-state index contributed by atoms with van der Waals surface area (Å²) in [7, 11) is 0. The van der Waals surface area contributed by atoms with E-state index in [1.165, 1.54) is 15.8 Å². The van der Waals surface area contributed by atoms with E-state index in [9.17, 15) is 0 Å². The van der Waals surface area contributed by atoms with Crippen molar-refractivity contribution in [1.82, 2.24) is 24.9 Å². The number of nitrogens with zero attached hydrogens (tertiary/aromatic N) is 5. The maximum absolute atomic E-state index is 5.05. The number of aromatic nitrogens is 5. The summed E-state index contributed by atoms with van der Waals surface area (Å²) in [5, 5.41) is 1.14. The fourth-order valence-electron chi connectivity index (χ4n) is 6.18.